The largest absolute Gasteiger partial charge is 0.510 e. The summed E-state index contributed by atoms with van der Waals surface area (Å²) in [6.45, 7) is 0.000916. The Balaban J connectivity index is 1.69. The summed E-state index contributed by atoms with van der Waals surface area (Å²) in [5, 5.41) is 13.1. The standard InChI is InChI=1S/C20H18ClFN4O3/c21-12-1-5-15(6-2-12)25-26-18(28)10-9-16(19-17(27)11-23-20(19)29)24-14-7-3-13(22)4-8-14/h1-8,25,27H,9-11H2,(H,23,29)(H,26,28). The average Bonchev–Trinajstić information content (AvgIpc) is 3.04. The number of hydrogen-bond acceptors (Lipinski definition) is 5. The number of halogens is 2. The molecule has 4 N–H and O–H groups in total. The second-order valence-electron chi connectivity index (χ2n) is 6.22. The van der Waals surface area contributed by atoms with E-state index < -0.39 is 11.7 Å². The van der Waals surface area contributed by atoms with Crippen LogP contribution in [0.15, 0.2) is 64.9 Å². The third-order valence-electron chi connectivity index (χ3n) is 4.09. The van der Waals surface area contributed by atoms with E-state index in [9.17, 15) is 19.1 Å². The highest BCUT2D eigenvalue weighted by Crippen LogP contribution is 2.20. The fourth-order valence-corrected chi connectivity index (χ4v) is 2.77. The van der Waals surface area contributed by atoms with Crippen LogP contribution < -0.4 is 16.2 Å². The Labute approximate surface area is 171 Å². The van der Waals surface area contributed by atoms with Gasteiger partial charge in [-0.15, -0.1) is 0 Å². The van der Waals surface area contributed by atoms with Crippen LogP contribution in [-0.2, 0) is 9.59 Å². The number of hydrazine groups is 1. The van der Waals surface area contributed by atoms with Crippen molar-refractivity contribution in [1.29, 1.82) is 0 Å². The van der Waals surface area contributed by atoms with Crippen LogP contribution in [-0.4, -0.2) is 29.2 Å². The van der Waals surface area contributed by atoms with Crippen LogP contribution in [0, 0.1) is 5.82 Å². The molecule has 1 heterocycles. The monoisotopic (exact) mass is 416 g/mol. The van der Waals surface area contributed by atoms with Gasteiger partial charge < -0.3 is 10.4 Å². The number of amides is 2. The summed E-state index contributed by atoms with van der Waals surface area (Å²) in [6, 6.07) is 12.1. The smallest absolute Gasteiger partial charge is 0.257 e. The lowest BCUT2D eigenvalue weighted by atomic mass is 10.0. The van der Waals surface area contributed by atoms with E-state index in [-0.39, 0.29) is 42.3 Å². The zero-order valence-corrected chi connectivity index (χ0v) is 16.0. The Morgan fingerprint density at radius 3 is 2.45 bits per heavy atom. The molecular weight excluding hydrogens is 399 g/mol. The van der Waals surface area contributed by atoms with Gasteiger partial charge in [0.25, 0.3) is 5.91 Å². The summed E-state index contributed by atoms with van der Waals surface area (Å²) in [7, 11) is 0. The number of hydrogen-bond donors (Lipinski definition) is 4. The Kier molecular flexibility index (Phi) is 6.46. The summed E-state index contributed by atoms with van der Waals surface area (Å²) in [5.74, 6) is -1.37. The molecule has 0 aliphatic carbocycles. The summed E-state index contributed by atoms with van der Waals surface area (Å²) < 4.78 is 13.1. The molecule has 2 aromatic rings. The van der Waals surface area contributed by atoms with E-state index in [1.54, 1.807) is 24.3 Å². The Morgan fingerprint density at radius 1 is 1.14 bits per heavy atom. The maximum Gasteiger partial charge on any atom is 0.257 e. The lowest BCUT2D eigenvalue weighted by Crippen LogP contribution is -2.30. The number of aliphatic hydroxyl groups excluding tert-OH is 1. The number of rotatable bonds is 7. The van der Waals surface area contributed by atoms with Gasteiger partial charge in [0.05, 0.1) is 23.6 Å². The number of aliphatic imine (C=N–C) groups is 1. The van der Waals surface area contributed by atoms with Crippen LogP contribution >= 0.6 is 11.6 Å². The van der Waals surface area contributed by atoms with Gasteiger partial charge in [0, 0.05) is 11.4 Å². The van der Waals surface area contributed by atoms with Gasteiger partial charge in [-0.1, -0.05) is 11.6 Å². The van der Waals surface area contributed by atoms with Gasteiger partial charge >= 0.3 is 0 Å². The molecule has 0 saturated heterocycles. The van der Waals surface area contributed by atoms with Crippen molar-refractivity contribution < 1.29 is 19.1 Å². The molecule has 0 saturated carbocycles. The number of carbonyl (C=O) groups is 2. The lowest BCUT2D eigenvalue weighted by Gasteiger charge is -2.10. The first-order valence-corrected chi connectivity index (χ1v) is 9.14. The van der Waals surface area contributed by atoms with Gasteiger partial charge in [0.2, 0.25) is 5.91 Å². The molecule has 0 bridgehead atoms. The molecule has 1 aliphatic heterocycles. The molecule has 7 nitrogen and oxygen atoms in total. The van der Waals surface area contributed by atoms with Gasteiger partial charge in [-0.3, -0.25) is 25.4 Å². The maximum atomic E-state index is 13.1. The molecule has 0 unspecified atom stereocenters. The zero-order chi connectivity index (χ0) is 20.8. The molecule has 0 aromatic heterocycles. The van der Waals surface area contributed by atoms with Crippen LogP contribution in [0.5, 0.6) is 0 Å². The highest BCUT2D eigenvalue weighted by molar-refractivity contribution is 6.30. The topological polar surface area (TPSA) is 103 Å². The molecule has 2 aromatic carbocycles. The second kappa shape index (κ2) is 9.20. The molecule has 9 heteroatoms. The van der Waals surface area contributed by atoms with Gasteiger partial charge in [-0.2, -0.15) is 0 Å². The third-order valence-corrected chi connectivity index (χ3v) is 4.34. The minimum absolute atomic E-state index is 0.000916. The summed E-state index contributed by atoms with van der Waals surface area (Å²) in [6.07, 6.45) is 0.100. The van der Waals surface area contributed by atoms with Crippen molar-refractivity contribution in [1.82, 2.24) is 10.7 Å². The highest BCUT2D eigenvalue weighted by Gasteiger charge is 2.27. The normalized spacial score (nSPS) is 14.0. The van der Waals surface area contributed by atoms with E-state index in [1.165, 1.54) is 24.3 Å². The summed E-state index contributed by atoms with van der Waals surface area (Å²) >= 11 is 5.81. The van der Waals surface area contributed by atoms with Crippen LogP contribution in [0.2, 0.25) is 5.02 Å². The number of benzene rings is 2. The van der Waals surface area contributed by atoms with E-state index in [0.29, 0.717) is 16.4 Å². The van der Waals surface area contributed by atoms with Crippen LogP contribution in [0.3, 0.4) is 0 Å². The molecule has 1 aliphatic rings. The fourth-order valence-electron chi connectivity index (χ4n) is 2.65. The second-order valence-corrected chi connectivity index (χ2v) is 6.66. The first kappa shape index (κ1) is 20.3. The number of nitrogens with one attached hydrogen (secondary N) is 3. The SMILES string of the molecule is O=C(CCC(=Nc1ccc(F)cc1)C1=C(O)CNC1=O)NNc1ccc(Cl)cc1. The molecule has 0 atom stereocenters. The number of anilines is 1. The summed E-state index contributed by atoms with van der Waals surface area (Å²) in [4.78, 5) is 28.6. The fraction of sp³-hybridized carbons (Fsp3) is 0.150. The van der Waals surface area contributed by atoms with Crippen LogP contribution in [0.25, 0.3) is 0 Å². The van der Waals surface area contributed by atoms with E-state index in [4.69, 9.17) is 11.6 Å². The molecule has 29 heavy (non-hydrogen) atoms. The highest BCUT2D eigenvalue weighted by atomic mass is 35.5. The van der Waals surface area contributed by atoms with Gasteiger partial charge in [-0.05, 0) is 55.0 Å². The zero-order valence-electron chi connectivity index (χ0n) is 15.2. The van der Waals surface area contributed by atoms with E-state index in [0.717, 1.165) is 0 Å². The Morgan fingerprint density at radius 2 is 1.83 bits per heavy atom. The maximum absolute atomic E-state index is 13.1. The molecule has 2 amide bonds. The molecule has 150 valence electrons. The van der Waals surface area contributed by atoms with E-state index >= 15 is 0 Å². The quantitative estimate of drug-likeness (QED) is 0.410. The Hall–Kier alpha value is -3.39. The summed E-state index contributed by atoms with van der Waals surface area (Å²) in [5.41, 5.74) is 6.63. The van der Waals surface area contributed by atoms with Gasteiger partial charge in [-0.25, -0.2) is 4.39 Å². The average molecular weight is 417 g/mol. The molecule has 3 rings (SSSR count). The number of aliphatic hydroxyl groups is 1. The first-order chi connectivity index (χ1) is 13.9. The van der Waals surface area contributed by atoms with Gasteiger partial charge in [0.15, 0.2) is 0 Å². The number of nitrogens with zero attached hydrogens (tertiary/aromatic N) is 1. The molecular formula is C20H18ClFN4O3. The van der Waals surface area contributed by atoms with Crippen molar-refractivity contribution >= 4 is 40.5 Å². The van der Waals surface area contributed by atoms with Crippen LogP contribution in [0.4, 0.5) is 15.8 Å². The number of carbonyl (C=O) groups excluding carboxylic acids is 2. The van der Waals surface area contributed by atoms with E-state index in [2.05, 4.69) is 21.2 Å². The van der Waals surface area contributed by atoms with Gasteiger partial charge in [0.1, 0.15) is 17.1 Å². The first-order valence-electron chi connectivity index (χ1n) is 8.76. The van der Waals surface area contributed by atoms with Crippen molar-refractivity contribution in [2.75, 3.05) is 12.0 Å². The van der Waals surface area contributed by atoms with E-state index in [1.807, 2.05) is 0 Å². The minimum atomic E-state index is -0.469. The van der Waals surface area contributed by atoms with Crippen LogP contribution in [0.1, 0.15) is 12.8 Å². The predicted molar refractivity (Wildman–Crippen MR) is 109 cm³/mol. The van der Waals surface area contributed by atoms with Crippen molar-refractivity contribution in [2.45, 2.75) is 12.8 Å². The molecule has 0 spiro atoms. The van der Waals surface area contributed by atoms with Crippen molar-refractivity contribution in [3.05, 3.63) is 70.7 Å². The van der Waals surface area contributed by atoms with Crippen molar-refractivity contribution in [2.24, 2.45) is 4.99 Å². The minimum Gasteiger partial charge on any atom is -0.510 e. The van der Waals surface area contributed by atoms with Crippen molar-refractivity contribution in [3.8, 4) is 0 Å². The molecule has 0 radical (unpaired) electrons. The van der Waals surface area contributed by atoms with Crippen molar-refractivity contribution in [3.63, 3.8) is 0 Å². The third kappa shape index (κ3) is 5.55. The lowest BCUT2D eigenvalue weighted by molar-refractivity contribution is -0.120. The molecule has 0 fully saturated rings. The predicted octanol–water partition coefficient (Wildman–Crippen LogP) is 3.42. The Bertz CT molecular complexity index is 972.